The van der Waals surface area contributed by atoms with Crippen LogP contribution in [0.4, 0.5) is 26.3 Å². The van der Waals surface area contributed by atoms with Gasteiger partial charge < -0.3 is 9.13 Å². The number of nitriles is 2. The van der Waals surface area contributed by atoms with Crippen molar-refractivity contribution in [2.45, 2.75) is 12.4 Å². The Bertz CT molecular complexity index is 2770. The molecule has 0 bridgehead atoms. The molecule has 8 rings (SSSR count). The fraction of sp³-hybridized carbons (Fsp3) is 0.0500. The zero-order valence-electron chi connectivity index (χ0n) is 25.6. The maximum absolute atomic E-state index is 14.1. The quantitative estimate of drug-likeness (QED) is 0.176. The number of aromatic nitrogens is 2. The van der Waals surface area contributed by atoms with Crippen molar-refractivity contribution in [2.75, 3.05) is 0 Å². The summed E-state index contributed by atoms with van der Waals surface area (Å²) in [5, 5.41) is 22.8. The van der Waals surface area contributed by atoms with Gasteiger partial charge in [0.1, 0.15) is 6.07 Å². The highest BCUT2D eigenvalue weighted by Gasteiger charge is 2.33. The van der Waals surface area contributed by atoms with Gasteiger partial charge in [-0.25, -0.2) is 0 Å². The third-order valence-corrected chi connectivity index (χ3v) is 9.02. The number of para-hydroxylation sites is 2. The number of hydrogen-bond donors (Lipinski definition) is 0. The predicted octanol–water partition coefficient (Wildman–Crippen LogP) is 11.3. The molecule has 0 aliphatic carbocycles. The van der Waals surface area contributed by atoms with Crippen LogP contribution >= 0.6 is 0 Å². The minimum Gasteiger partial charge on any atom is -0.309 e. The first kappa shape index (κ1) is 30.8. The molecular formula is C40H20F6N4. The van der Waals surface area contributed by atoms with E-state index in [1.165, 1.54) is 12.1 Å². The van der Waals surface area contributed by atoms with E-state index in [9.17, 15) is 36.9 Å². The summed E-state index contributed by atoms with van der Waals surface area (Å²) >= 11 is 0. The zero-order chi connectivity index (χ0) is 34.9. The zero-order valence-corrected chi connectivity index (χ0v) is 25.6. The maximum atomic E-state index is 14.1. The third-order valence-electron chi connectivity index (χ3n) is 9.02. The summed E-state index contributed by atoms with van der Waals surface area (Å²) in [5.74, 6) is 0. The van der Waals surface area contributed by atoms with Crippen LogP contribution in [0.1, 0.15) is 22.3 Å². The highest BCUT2D eigenvalue weighted by atomic mass is 19.4. The summed E-state index contributed by atoms with van der Waals surface area (Å²) in [7, 11) is 0. The highest BCUT2D eigenvalue weighted by Crippen LogP contribution is 2.43. The Morgan fingerprint density at radius 1 is 0.460 bits per heavy atom. The van der Waals surface area contributed by atoms with Gasteiger partial charge in [0, 0.05) is 27.1 Å². The minimum absolute atomic E-state index is 0.0677. The fourth-order valence-corrected chi connectivity index (χ4v) is 6.84. The normalized spacial score (nSPS) is 12.2. The molecule has 0 fully saturated rings. The number of rotatable bonds is 3. The van der Waals surface area contributed by atoms with Crippen LogP contribution in [-0.4, -0.2) is 9.13 Å². The molecule has 0 N–H and O–H groups in total. The molecule has 2 heterocycles. The van der Waals surface area contributed by atoms with Crippen LogP contribution in [0.5, 0.6) is 0 Å². The lowest BCUT2D eigenvalue weighted by Gasteiger charge is -2.19. The molecule has 2 aromatic heterocycles. The highest BCUT2D eigenvalue weighted by molar-refractivity contribution is 6.11. The van der Waals surface area contributed by atoms with E-state index in [4.69, 9.17) is 0 Å². The lowest BCUT2D eigenvalue weighted by molar-refractivity contribution is -0.138. The summed E-state index contributed by atoms with van der Waals surface area (Å²) in [6.07, 6.45) is -9.26. The number of benzene rings is 6. The average Bonchev–Trinajstić information content (AvgIpc) is 3.62. The topological polar surface area (TPSA) is 57.4 Å². The first-order chi connectivity index (χ1) is 24.0. The van der Waals surface area contributed by atoms with E-state index in [-0.39, 0.29) is 22.3 Å². The summed E-state index contributed by atoms with van der Waals surface area (Å²) in [5.41, 5.74) is 1.80. The van der Waals surface area contributed by atoms with Crippen molar-refractivity contribution in [1.82, 2.24) is 9.13 Å². The van der Waals surface area contributed by atoms with Crippen molar-refractivity contribution >= 4 is 43.6 Å². The van der Waals surface area contributed by atoms with Crippen molar-refractivity contribution < 1.29 is 26.3 Å². The van der Waals surface area contributed by atoms with Gasteiger partial charge in [-0.15, -0.1) is 0 Å². The van der Waals surface area contributed by atoms with Gasteiger partial charge in [-0.1, -0.05) is 60.7 Å². The first-order valence-electron chi connectivity index (χ1n) is 15.3. The number of alkyl halides is 6. The molecule has 242 valence electrons. The van der Waals surface area contributed by atoms with Crippen molar-refractivity contribution in [1.29, 1.82) is 10.5 Å². The molecular weight excluding hydrogens is 650 g/mol. The molecule has 0 saturated heterocycles. The SMILES string of the molecule is N#Cc1cccc(-c2cc(-n3c4ccccc4c4ccc(C(F)(F)F)cc43)c(C#N)cc2-n2c3ccccc3c3ccc(C(F)(F)F)cc32)c1. The van der Waals surface area contributed by atoms with E-state index in [0.29, 0.717) is 55.0 Å². The monoisotopic (exact) mass is 670 g/mol. The summed E-state index contributed by atoms with van der Waals surface area (Å²) in [6.45, 7) is 0. The molecule has 10 heteroatoms. The van der Waals surface area contributed by atoms with Crippen LogP contribution in [0.15, 0.2) is 121 Å². The lowest BCUT2D eigenvalue weighted by atomic mass is 9.98. The van der Waals surface area contributed by atoms with Gasteiger partial charge in [-0.2, -0.15) is 36.9 Å². The van der Waals surface area contributed by atoms with Gasteiger partial charge in [-0.3, -0.25) is 0 Å². The van der Waals surface area contributed by atoms with Gasteiger partial charge in [0.15, 0.2) is 0 Å². The molecule has 8 aromatic rings. The Morgan fingerprint density at radius 3 is 1.50 bits per heavy atom. The van der Waals surface area contributed by atoms with E-state index in [2.05, 4.69) is 12.1 Å². The summed E-state index contributed by atoms with van der Waals surface area (Å²) < 4.78 is 87.5. The largest absolute Gasteiger partial charge is 0.416 e. The van der Waals surface area contributed by atoms with Crippen LogP contribution in [-0.2, 0) is 12.4 Å². The molecule has 6 aromatic carbocycles. The molecule has 50 heavy (non-hydrogen) atoms. The molecule has 0 amide bonds. The second kappa shape index (κ2) is 11.0. The number of nitrogens with zero attached hydrogens (tertiary/aromatic N) is 4. The van der Waals surface area contributed by atoms with Gasteiger partial charge in [0.2, 0.25) is 0 Å². The number of fused-ring (bicyclic) bond motifs is 6. The lowest BCUT2D eigenvalue weighted by Crippen LogP contribution is -2.07. The van der Waals surface area contributed by atoms with Gasteiger partial charge in [0.05, 0.1) is 61.8 Å². The standard InChI is InChI=1S/C40H20F6N4/c41-39(42,43)26-12-14-30-28-8-1-3-10-33(28)49(37(30)18-26)35-20-32(24-7-5-6-23(16-24)21-47)36(17-25(35)22-48)50-34-11-4-2-9-29(34)31-15-13-27(19-38(31)50)40(44,45)46/h1-20H. The van der Waals surface area contributed by atoms with Crippen molar-refractivity contribution in [3.05, 3.63) is 144 Å². The fourth-order valence-electron chi connectivity index (χ4n) is 6.84. The van der Waals surface area contributed by atoms with E-state index in [1.807, 2.05) is 0 Å². The van der Waals surface area contributed by atoms with E-state index >= 15 is 0 Å². The molecule has 4 nitrogen and oxygen atoms in total. The van der Waals surface area contributed by atoms with Crippen LogP contribution in [0, 0.1) is 22.7 Å². The third kappa shape index (κ3) is 4.76. The Kier molecular flexibility index (Phi) is 6.78. The van der Waals surface area contributed by atoms with E-state index in [1.54, 1.807) is 94.1 Å². The molecule has 0 atom stereocenters. The van der Waals surface area contributed by atoms with Crippen LogP contribution in [0.2, 0.25) is 0 Å². The average molecular weight is 671 g/mol. The van der Waals surface area contributed by atoms with Gasteiger partial charge >= 0.3 is 12.4 Å². The smallest absolute Gasteiger partial charge is 0.309 e. The van der Waals surface area contributed by atoms with Crippen LogP contribution in [0.25, 0.3) is 66.1 Å². The number of hydrogen-bond acceptors (Lipinski definition) is 2. The summed E-state index contributed by atoms with van der Waals surface area (Å²) in [4.78, 5) is 0. The Hall–Kier alpha value is -6.52. The minimum atomic E-state index is -4.63. The molecule has 0 aliphatic rings. The first-order valence-corrected chi connectivity index (χ1v) is 15.3. The summed E-state index contributed by atoms with van der Waals surface area (Å²) in [6, 6.07) is 35.3. The van der Waals surface area contributed by atoms with Gasteiger partial charge in [-0.05, 0) is 66.2 Å². The van der Waals surface area contributed by atoms with Crippen LogP contribution in [0.3, 0.4) is 0 Å². The number of halogens is 6. The van der Waals surface area contributed by atoms with Crippen molar-refractivity contribution in [3.8, 4) is 34.6 Å². The predicted molar refractivity (Wildman–Crippen MR) is 180 cm³/mol. The van der Waals surface area contributed by atoms with Gasteiger partial charge in [0.25, 0.3) is 0 Å². The molecule has 0 spiro atoms. The molecule has 0 aliphatic heterocycles. The maximum Gasteiger partial charge on any atom is 0.416 e. The Balaban J connectivity index is 1.54. The Morgan fingerprint density at radius 2 is 0.980 bits per heavy atom. The second-order valence-electron chi connectivity index (χ2n) is 11.9. The van der Waals surface area contributed by atoms with Crippen molar-refractivity contribution in [2.24, 2.45) is 0 Å². The molecule has 0 saturated carbocycles. The molecule has 0 unspecified atom stereocenters. The van der Waals surface area contributed by atoms with Crippen molar-refractivity contribution in [3.63, 3.8) is 0 Å². The van der Waals surface area contributed by atoms with Crippen LogP contribution < -0.4 is 0 Å². The Labute approximate surface area is 279 Å². The second-order valence-corrected chi connectivity index (χ2v) is 11.9. The van der Waals surface area contributed by atoms with E-state index in [0.717, 1.165) is 24.3 Å². The van der Waals surface area contributed by atoms with E-state index < -0.39 is 23.5 Å². The molecule has 0 radical (unpaired) electrons.